The fraction of sp³-hybridized carbons (Fsp3) is 0.188. The number of halogens is 1. The Morgan fingerprint density at radius 3 is 2.43 bits per heavy atom. The molecule has 0 fully saturated rings. The average Bonchev–Trinajstić information content (AvgIpc) is 2.52. The molecule has 0 heterocycles. The van der Waals surface area contributed by atoms with E-state index in [-0.39, 0.29) is 5.97 Å². The van der Waals surface area contributed by atoms with Crippen molar-refractivity contribution in [2.45, 2.75) is 6.04 Å². The zero-order chi connectivity index (χ0) is 15.2. The third kappa shape index (κ3) is 3.98. The van der Waals surface area contributed by atoms with E-state index in [1.807, 2.05) is 48.5 Å². The van der Waals surface area contributed by atoms with Crippen molar-refractivity contribution >= 4 is 27.6 Å². The molecular weight excluding hydrogens is 334 g/mol. The molecule has 0 aromatic heterocycles. The van der Waals surface area contributed by atoms with Crippen LogP contribution in [-0.4, -0.2) is 20.2 Å². The molecule has 0 aliphatic rings. The Kier molecular flexibility index (Phi) is 5.22. The van der Waals surface area contributed by atoms with Crippen LogP contribution in [0.5, 0.6) is 5.75 Å². The molecule has 0 saturated carbocycles. The van der Waals surface area contributed by atoms with Gasteiger partial charge in [-0.25, -0.2) is 4.79 Å². The maximum Gasteiger partial charge on any atom is 0.332 e. The molecular formula is C16H16BrNO3. The van der Waals surface area contributed by atoms with Gasteiger partial charge in [-0.15, -0.1) is 0 Å². The van der Waals surface area contributed by atoms with Gasteiger partial charge in [0.15, 0.2) is 6.04 Å². The third-order valence-electron chi connectivity index (χ3n) is 3.02. The van der Waals surface area contributed by atoms with Crippen LogP contribution < -0.4 is 10.1 Å². The molecule has 21 heavy (non-hydrogen) atoms. The Morgan fingerprint density at radius 1 is 1.14 bits per heavy atom. The number of hydrogen-bond acceptors (Lipinski definition) is 4. The molecule has 2 aromatic carbocycles. The molecule has 5 heteroatoms. The summed E-state index contributed by atoms with van der Waals surface area (Å²) in [7, 11) is 2.99. The maximum absolute atomic E-state index is 12.0. The van der Waals surface area contributed by atoms with Crippen LogP contribution in [0.2, 0.25) is 0 Å². The smallest absolute Gasteiger partial charge is 0.332 e. The van der Waals surface area contributed by atoms with Crippen LogP contribution in [0.1, 0.15) is 11.6 Å². The number of ether oxygens (including phenoxy) is 2. The molecule has 0 aliphatic heterocycles. The largest absolute Gasteiger partial charge is 0.497 e. The lowest BCUT2D eigenvalue weighted by Gasteiger charge is -2.18. The van der Waals surface area contributed by atoms with E-state index in [0.29, 0.717) is 0 Å². The summed E-state index contributed by atoms with van der Waals surface area (Å²) in [6.07, 6.45) is 0. The number of esters is 1. The number of carbonyl (C=O) groups excluding carboxylic acids is 1. The van der Waals surface area contributed by atoms with Crippen molar-refractivity contribution in [2.24, 2.45) is 0 Å². The van der Waals surface area contributed by atoms with Crippen molar-refractivity contribution in [2.75, 3.05) is 19.5 Å². The highest BCUT2D eigenvalue weighted by Gasteiger charge is 2.21. The van der Waals surface area contributed by atoms with Crippen LogP contribution in [-0.2, 0) is 9.53 Å². The first-order chi connectivity index (χ1) is 10.1. The Bertz CT molecular complexity index is 613. The fourth-order valence-electron chi connectivity index (χ4n) is 1.94. The van der Waals surface area contributed by atoms with E-state index in [1.165, 1.54) is 7.11 Å². The fourth-order valence-corrected chi connectivity index (χ4v) is 2.35. The van der Waals surface area contributed by atoms with Crippen molar-refractivity contribution in [3.8, 4) is 5.75 Å². The number of nitrogens with one attached hydrogen (secondary N) is 1. The number of rotatable bonds is 5. The van der Waals surface area contributed by atoms with Crippen LogP contribution in [0.4, 0.5) is 5.69 Å². The van der Waals surface area contributed by atoms with E-state index in [4.69, 9.17) is 9.47 Å². The summed E-state index contributed by atoms with van der Waals surface area (Å²) < 4.78 is 10.9. The summed E-state index contributed by atoms with van der Waals surface area (Å²) in [6.45, 7) is 0. The summed E-state index contributed by atoms with van der Waals surface area (Å²) in [4.78, 5) is 12.0. The van der Waals surface area contributed by atoms with Gasteiger partial charge >= 0.3 is 5.97 Å². The van der Waals surface area contributed by atoms with Gasteiger partial charge in [-0.3, -0.25) is 0 Å². The predicted octanol–water partition coefficient (Wildman–Crippen LogP) is 3.78. The topological polar surface area (TPSA) is 47.6 Å². The minimum Gasteiger partial charge on any atom is -0.497 e. The third-order valence-corrected chi connectivity index (χ3v) is 3.51. The Labute approximate surface area is 132 Å². The van der Waals surface area contributed by atoms with E-state index < -0.39 is 6.04 Å². The highest BCUT2D eigenvalue weighted by molar-refractivity contribution is 9.10. The molecule has 1 atom stereocenters. The van der Waals surface area contributed by atoms with Crippen LogP contribution in [0.3, 0.4) is 0 Å². The van der Waals surface area contributed by atoms with Gasteiger partial charge < -0.3 is 14.8 Å². The number of carbonyl (C=O) groups is 1. The van der Waals surface area contributed by atoms with Crippen molar-refractivity contribution in [3.63, 3.8) is 0 Å². The summed E-state index contributed by atoms with van der Waals surface area (Å²) >= 11 is 3.41. The van der Waals surface area contributed by atoms with E-state index in [2.05, 4.69) is 21.2 Å². The van der Waals surface area contributed by atoms with Gasteiger partial charge in [0.05, 0.1) is 14.2 Å². The van der Waals surface area contributed by atoms with Crippen LogP contribution in [0.15, 0.2) is 53.0 Å². The van der Waals surface area contributed by atoms with Crippen molar-refractivity contribution in [3.05, 3.63) is 58.6 Å². The standard InChI is InChI=1S/C16H16BrNO3/c1-20-14-8-6-13(7-9-14)18-15(16(19)21-2)11-4-3-5-12(17)10-11/h3-10,15,18H,1-2H3. The van der Waals surface area contributed by atoms with E-state index in [0.717, 1.165) is 21.5 Å². The molecule has 0 saturated heterocycles. The highest BCUT2D eigenvalue weighted by Crippen LogP contribution is 2.24. The van der Waals surface area contributed by atoms with Crippen LogP contribution in [0, 0.1) is 0 Å². The van der Waals surface area contributed by atoms with Gasteiger partial charge in [0, 0.05) is 10.2 Å². The lowest BCUT2D eigenvalue weighted by molar-refractivity contribution is -0.141. The molecule has 1 N–H and O–H groups in total. The van der Waals surface area contributed by atoms with Gasteiger partial charge in [0.25, 0.3) is 0 Å². The molecule has 4 nitrogen and oxygen atoms in total. The Hall–Kier alpha value is -2.01. The van der Waals surface area contributed by atoms with E-state index in [1.54, 1.807) is 7.11 Å². The van der Waals surface area contributed by atoms with E-state index in [9.17, 15) is 4.79 Å². The minimum atomic E-state index is -0.569. The second kappa shape index (κ2) is 7.13. The van der Waals surface area contributed by atoms with Crippen LogP contribution in [0.25, 0.3) is 0 Å². The molecule has 0 amide bonds. The summed E-state index contributed by atoms with van der Waals surface area (Å²) in [5.74, 6) is 0.418. The number of benzene rings is 2. The average molecular weight is 350 g/mol. The molecule has 2 rings (SSSR count). The van der Waals surface area contributed by atoms with Gasteiger partial charge in [0.2, 0.25) is 0 Å². The van der Waals surface area contributed by atoms with Gasteiger partial charge in [-0.1, -0.05) is 28.1 Å². The number of methoxy groups -OCH3 is 2. The zero-order valence-electron chi connectivity index (χ0n) is 11.8. The van der Waals surface area contributed by atoms with Crippen molar-refractivity contribution < 1.29 is 14.3 Å². The molecule has 1 unspecified atom stereocenters. The Balaban J connectivity index is 2.26. The summed E-state index contributed by atoms with van der Waals surface area (Å²) in [5, 5.41) is 3.17. The van der Waals surface area contributed by atoms with Crippen LogP contribution >= 0.6 is 15.9 Å². The van der Waals surface area contributed by atoms with Gasteiger partial charge in [0.1, 0.15) is 5.75 Å². The number of anilines is 1. The van der Waals surface area contributed by atoms with Crippen molar-refractivity contribution in [1.29, 1.82) is 0 Å². The maximum atomic E-state index is 12.0. The van der Waals surface area contributed by atoms with Gasteiger partial charge in [-0.2, -0.15) is 0 Å². The highest BCUT2D eigenvalue weighted by atomic mass is 79.9. The van der Waals surface area contributed by atoms with E-state index >= 15 is 0 Å². The molecule has 0 radical (unpaired) electrons. The first-order valence-corrected chi connectivity index (χ1v) is 7.17. The second-order valence-electron chi connectivity index (χ2n) is 4.38. The summed E-state index contributed by atoms with van der Waals surface area (Å²) in [6, 6.07) is 14.4. The lowest BCUT2D eigenvalue weighted by Crippen LogP contribution is -2.22. The molecule has 0 bridgehead atoms. The molecule has 0 spiro atoms. The monoisotopic (exact) mass is 349 g/mol. The molecule has 110 valence electrons. The number of hydrogen-bond donors (Lipinski definition) is 1. The predicted molar refractivity (Wildman–Crippen MR) is 85.5 cm³/mol. The normalized spacial score (nSPS) is 11.6. The minimum absolute atomic E-state index is 0.344. The first-order valence-electron chi connectivity index (χ1n) is 6.38. The quantitative estimate of drug-likeness (QED) is 0.834. The van der Waals surface area contributed by atoms with Crippen molar-refractivity contribution in [1.82, 2.24) is 0 Å². The zero-order valence-corrected chi connectivity index (χ0v) is 13.4. The first kappa shape index (κ1) is 15.4. The molecule has 0 aliphatic carbocycles. The lowest BCUT2D eigenvalue weighted by atomic mass is 10.1. The summed E-state index contributed by atoms with van der Waals surface area (Å²) in [5.41, 5.74) is 1.64. The molecule has 2 aromatic rings. The van der Waals surface area contributed by atoms with Gasteiger partial charge in [-0.05, 0) is 42.0 Å². The Morgan fingerprint density at radius 2 is 1.86 bits per heavy atom. The SMILES string of the molecule is COC(=O)C(Nc1ccc(OC)cc1)c1cccc(Br)c1. The second-order valence-corrected chi connectivity index (χ2v) is 5.30.